The number of likely N-dealkylation sites (tertiary alicyclic amines) is 1. The molecule has 1 heterocycles. The molecule has 0 saturated carbocycles. The molecule has 2 aromatic rings. The SMILES string of the molecule is O=C(O)C1CCN(C2CCc3c2ccc(OCc2c(Cl)cccc2Cl)c3F)CC1. The summed E-state index contributed by atoms with van der Waals surface area (Å²) in [6, 6.07) is 8.95. The van der Waals surface area contributed by atoms with Gasteiger partial charge in [-0.3, -0.25) is 9.69 Å². The Labute approximate surface area is 179 Å². The van der Waals surface area contributed by atoms with E-state index in [1.807, 2.05) is 6.07 Å². The number of hydrogen-bond donors (Lipinski definition) is 1. The van der Waals surface area contributed by atoms with Gasteiger partial charge in [0.05, 0.1) is 5.92 Å². The number of carbonyl (C=O) groups is 1. The highest BCUT2D eigenvalue weighted by Crippen LogP contribution is 2.41. The summed E-state index contributed by atoms with van der Waals surface area (Å²) in [5.74, 6) is -1.11. The van der Waals surface area contributed by atoms with E-state index in [1.54, 1.807) is 24.3 Å². The molecule has 0 radical (unpaired) electrons. The smallest absolute Gasteiger partial charge is 0.306 e. The number of aliphatic carboxylic acids is 1. The molecule has 29 heavy (non-hydrogen) atoms. The van der Waals surface area contributed by atoms with Crippen LogP contribution >= 0.6 is 23.2 Å². The monoisotopic (exact) mass is 437 g/mol. The van der Waals surface area contributed by atoms with Gasteiger partial charge in [-0.25, -0.2) is 4.39 Å². The van der Waals surface area contributed by atoms with Crippen LogP contribution in [0.15, 0.2) is 30.3 Å². The normalized spacial score (nSPS) is 19.9. The molecule has 0 amide bonds. The van der Waals surface area contributed by atoms with E-state index in [-0.39, 0.29) is 30.1 Å². The van der Waals surface area contributed by atoms with Crippen molar-refractivity contribution in [2.45, 2.75) is 38.3 Å². The van der Waals surface area contributed by atoms with Gasteiger partial charge in [-0.05, 0) is 68.1 Å². The van der Waals surface area contributed by atoms with Crippen molar-refractivity contribution in [3.05, 3.63) is 62.9 Å². The molecule has 1 fully saturated rings. The van der Waals surface area contributed by atoms with Crippen molar-refractivity contribution in [1.29, 1.82) is 0 Å². The molecule has 7 heteroatoms. The summed E-state index contributed by atoms with van der Waals surface area (Å²) >= 11 is 12.3. The standard InChI is InChI=1S/C22H22Cl2FNO3/c23-17-2-1-3-18(24)16(17)12-29-20-7-5-14-15(21(20)25)4-6-19(14)26-10-8-13(9-11-26)22(27)28/h1-3,5,7,13,19H,4,6,8-12H2,(H,27,28). The zero-order valence-corrected chi connectivity index (χ0v) is 17.3. The van der Waals surface area contributed by atoms with Gasteiger partial charge in [0.1, 0.15) is 6.61 Å². The molecule has 4 nitrogen and oxygen atoms in total. The lowest BCUT2D eigenvalue weighted by atomic mass is 9.95. The van der Waals surface area contributed by atoms with Gasteiger partial charge >= 0.3 is 5.97 Å². The fourth-order valence-corrected chi connectivity index (χ4v) is 4.89. The second kappa shape index (κ2) is 8.50. The molecule has 0 spiro atoms. The van der Waals surface area contributed by atoms with E-state index in [0.717, 1.165) is 25.1 Å². The van der Waals surface area contributed by atoms with E-state index in [2.05, 4.69) is 4.90 Å². The van der Waals surface area contributed by atoms with E-state index >= 15 is 4.39 Å². The molecule has 0 aromatic heterocycles. The molecule has 1 atom stereocenters. The molecule has 1 unspecified atom stereocenters. The van der Waals surface area contributed by atoms with Crippen LogP contribution in [0, 0.1) is 11.7 Å². The number of carboxylic acids is 1. The molecule has 4 rings (SSSR count). The molecule has 2 aliphatic rings. The predicted octanol–water partition coefficient (Wildman–Crippen LogP) is 5.50. The van der Waals surface area contributed by atoms with Gasteiger partial charge in [-0.15, -0.1) is 0 Å². The van der Waals surface area contributed by atoms with Crippen molar-refractivity contribution in [1.82, 2.24) is 4.90 Å². The Bertz CT molecular complexity index is 908. The fourth-order valence-electron chi connectivity index (χ4n) is 4.39. The van der Waals surface area contributed by atoms with E-state index in [4.69, 9.17) is 27.9 Å². The molecule has 0 bridgehead atoms. The van der Waals surface area contributed by atoms with Crippen LogP contribution in [-0.2, 0) is 17.8 Å². The van der Waals surface area contributed by atoms with Crippen LogP contribution in [0.5, 0.6) is 5.75 Å². The Morgan fingerprint density at radius 1 is 1.14 bits per heavy atom. The molecule has 1 aliphatic heterocycles. The van der Waals surface area contributed by atoms with Crippen molar-refractivity contribution < 1.29 is 19.0 Å². The van der Waals surface area contributed by atoms with Gasteiger partial charge in [0.15, 0.2) is 11.6 Å². The van der Waals surface area contributed by atoms with Crippen LogP contribution in [0.3, 0.4) is 0 Å². The lowest BCUT2D eigenvalue weighted by molar-refractivity contribution is -0.143. The van der Waals surface area contributed by atoms with E-state index in [9.17, 15) is 9.90 Å². The van der Waals surface area contributed by atoms with Crippen molar-refractivity contribution in [3.8, 4) is 5.75 Å². The summed E-state index contributed by atoms with van der Waals surface area (Å²) < 4.78 is 20.8. The number of hydrogen-bond acceptors (Lipinski definition) is 3. The zero-order chi connectivity index (χ0) is 20.5. The summed E-state index contributed by atoms with van der Waals surface area (Å²) in [6.45, 7) is 1.55. The van der Waals surface area contributed by atoms with Gasteiger partial charge in [0.25, 0.3) is 0 Å². The molecular formula is C22H22Cl2FNO3. The Morgan fingerprint density at radius 3 is 2.48 bits per heavy atom. The Balaban J connectivity index is 1.47. The van der Waals surface area contributed by atoms with Gasteiger partial charge < -0.3 is 9.84 Å². The zero-order valence-electron chi connectivity index (χ0n) is 15.8. The average molecular weight is 438 g/mol. The van der Waals surface area contributed by atoms with E-state index in [1.165, 1.54) is 0 Å². The lowest BCUT2D eigenvalue weighted by Crippen LogP contribution is -2.38. The number of ether oxygens (including phenoxy) is 1. The van der Waals surface area contributed by atoms with Gasteiger partial charge in [0.2, 0.25) is 0 Å². The summed E-state index contributed by atoms with van der Waals surface area (Å²) in [4.78, 5) is 13.5. The van der Waals surface area contributed by atoms with E-state index < -0.39 is 5.97 Å². The molecule has 1 N–H and O–H groups in total. The predicted molar refractivity (Wildman–Crippen MR) is 110 cm³/mol. The number of benzene rings is 2. The lowest BCUT2D eigenvalue weighted by Gasteiger charge is -2.35. The first kappa shape index (κ1) is 20.5. The molecular weight excluding hydrogens is 416 g/mol. The third-order valence-corrected chi connectivity index (χ3v) is 6.73. The fraction of sp³-hybridized carbons (Fsp3) is 0.409. The number of carboxylic acid groups (broad SMARTS) is 1. The van der Waals surface area contributed by atoms with Crippen LogP contribution in [0.1, 0.15) is 42.0 Å². The second-order valence-electron chi connectivity index (χ2n) is 7.64. The quantitative estimate of drug-likeness (QED) is 0.670. The number of fused-ring (bicyclic) bond motifs is 1. The molecule has 1 saturated heterocycles. The van der Waals surface area contributed by atoms with Crippen LogP contribution in [0.2, 0.25) is 10.0 Å². The Morgan fingerprint density at radius 2 is 1.83 bits per heavy atom. The Kier molecular flexibility index (Phi) is 6.00. The minimum absolute atomic E-state index is 0.0976. The van der Waals surface area contributed by atoms with Gasteiger partial charge in [-0.2, -0.15) is 0 Å². The second-order valence-corrected chi connectivity index (χ2v) is 8.45. The van der Waals surface area contributed by atoms with Crippen LogP contribution < -0.4 is 4.74 Å². The first-order valence-corrected chi connectivity index (χ1v) is 10.5. The van der Waals surface area contributed by atoms with Gasteiger partial charge in [-0.1, -0.05) is 35.3 Å². The molecule has 154 valence electrons. The van der Waals surface area contributed by atoms with Crippen molar-refractivity contribution in [2.24, 2.45) is 5.92 Å². The minimum Gasteiger partial charge on any atom is -0.486 e. The van der Waals surface area contributed by atoms with Crippen LogP contribution in [0.4, 0.5) is 4.39 Å². The Hall–Kier alpha value is -1.82. The van der Waals surface area contributed by atoms with E-state index in [0.29, 0.717) is 40.4 Å². The molecule has 2 aromatic carbocycles. The van der Waals surface area contributed by atoms with Crippen LogP contribution in [0.25, 0.3) is 0 Å². The summed E-state index contributed by atoms with van der Waals surface area (Å²) in [6.07, 6.45) is 2.77. The number of piperidine rings is 1. The van der Waals surface area contributed by atoms with Gasteiger partial charge in [0, 0.05) is 21.7 Å². The highest BCUT2D eigenvalue weighted by atomic mass is 35.5. The number of halogens is 3. The summed E-state index contributed by atoms with van der Waals surface area (Å²) in [5, 5.41) is 10.2. The molecule has 1 aliphatic carbocycles. The maximum atomic E-state index is 15.1. The van der Waals surface area contributed by atoms with Crippen molar-refractivity contribution >= 4 is 29.2 Å². The maximum absolute atomic E-state index is 15.1. The summed E-state index contributed by atoms with van der Waals surface area (Å²) in [5.41, 5.74) is 2.31. The van der Waals surface area contributed by atoms with Crippen molar-refractivity contribution in [2.75, 3.05) is 13.1 Å². The topological polar surface area (TPSA) is 49.8 Å². The third kappa shape index (κ3) is 4.09. The van der Waals surface area contributed by atoms with Crippen molar-refractivity contribution in [3.63, 3.8) is 0 Å². The highest BCUT2D eigenvalue weighted by molar-refractivity contribution is 6.35. The summed E-state index contributed by atoms with van der Waals surface area (Å²) in [7, 11) is 0. The number of rotatable bonds is 5. The highest BCUT2D eigenvalue weighted by Gasteiger charge is 2.34. The average Bonchev–Trinajstić information content (AvgIpc) is 3.14. The maximum Gasteiger partial charge on any atom is 0.306 e. The van der Waals surface area contributed by atoms with Crippen LogP contribution in [-0.4, -0.2) is 29.1 Å². The largest absolute Gasteiger partial charge is 0.486 e. The first-order valence-electron chi connectivity index (χ1n) is 9.79. The minimum atomic E-state index is -0.720. The number of nitrogens with zero attached hydrogens (tertiary/aromatic N) is 1. The first-order chi connectivity index (χ1) is 14.0. The third-order valence-electron chi connectivity index (χ3n) is 6.02.